The van der Waals surface area contributed by atoms with Crippen LogP contribution in [0.2, 0.25) is 0 Å². The summed E-state index contributed by atoms with van der Waals surface area (Å²) in [6.45, 7) is 18.4. The first kappa shape index (κ1) is 25.0. The zero-order valence-electron chi connectivity index (χ0n) is 19.6. The third-order valence-electron chi connectivity index (χ3n) is 5.46. The SMILES string of the molecule is CC(C)(C)OCCOCC(C)(CCC(C)(C)OCC1COC1)OC1CCOCC1. The van der Waals surface area contributed by atoms with Gasteiger partial charge >= 0.3 is 0 Å². The highest BCUT2D eigenvalue weighted by Crippen LogP contribution is 2.29. The largest absolute Gasteiger partial charge is 0.381 e. The molecule has 172 valence electrons. The number of hydrogen-bond acceptors (Lipinski definition) is 6. The lowest BCUT2D eigenvalue weighted by molar-refractivity contribution is -0.163. The van der Waals surface area contributed by atoms with Crippen molar-refractivity contribution in [3.63, 3.8) is 0 Å². The molecule has 0 N–H and O–H groups in total. The normalized spacial score (nSPS) is 21.7. The zero-order valence-corrected chi connectivity index (χ0v) is 19.6. The Morgan fingerprint density at radius 1 is 0.828 bits per heavy atom. The van der Waals surface area contributed by atoms with Crippen molar-refractivity contribution < 1.29 is 28.4 Å². The van der Waals surface area contributed by atoms with Gasteiger partial charge in [0.25, 0.3) is 0 Å². The predicted molar refractivity (Wildman–Crippen MR) is 113 cm³/mol. The molecule has 0 aromatic carbocycles. The Hall–Kier alpha value is -0.240. The van der Waals surface area contributed by atoms with Crippen molar-refractivity contribution in [2.45, 2.75) is 90.1 Å². The molecule has 0 bridgehead atoms. The highest BCUT2D eigenvalue weighted by Gasteiger charge is 2.33. The van der Waals surface area contributed by atoms with Crippen LogP contribution in [0.5, 0.6) is 0 Å². The zero-order chi connectivity index (χ0) is 21.4. The Labute approximate surface area is 177 Å². The molecule has 0 spiro atoms. The Balaban J connectivity index is 1.81. The van der Waals surface area contributed by atoms with Gasteiger partial charge in [0.2, 0.25) is 0 Å². The van der Waals surface area contributed by atoms with Crippen molar-refractivity contribution in [2.75, 3.05) is 52.9 Å². The van der Waals surface area contributed by atoms with Crippen molar-refractivity contribution in [1.29, 1.82) is 0 Å². The van der Waals surface area contributed by atoms with Gasteiger partial charge < -0.3 is 28.4 Å². The van der Waals surface area contributed by atoms with Crippen LogP contribution in [0, 0.1) is 5.92 Å². The summed E-state index contributed by atoms with van der Waals surface area (Å²) in [6, 6.07) is 0. The molecule has 0 radical (unpaired) electrons. The van der Waals surface area contributed by atoms with Crippen molar-refractivity contribution >= 4 is 0 Å². The quantitative estimate of drug-likeness (QED) is 0.423. The van der Waals surface area contributed by atoms with Crippen molar-refractivity contribution in [1.82, 2.24) is 0 Å². The van der Waals surface area contributed by atoms with Crippen LogP contribution in [0.4, 0.5) is 0 Å². The molecule has 2 saturated heterocycles. The summed E-state index contributed by atoms with van der Waals surface area (Å²) in [7, 11) is 0. The summed E-state index contributed by atoms with van der Waals surface area (Å²) >= 11 is 0. The van der Waals surface area contributed by atoms with Gasteiger partial charge in [0.15, 0.2) is 0 Å². The third-order valence-corrected chi connectivity index (χ3v) is 5.46. The van der Waals surface area contributed by atoms with Crippen LogP contribution in [0.1, 0.15) is 67.2 Å². The van der Waals surface area contributed by atoms with E-state index in [1.54, 1.807) is 0 Å². The van der Waals surface area contributed by atoms with Crippen LogP contribution in [-0.2, 0) is 28.4 Å². The van der Waals surface area contributed by atoms with Crippen molar-refractivity contribution in [2.24, 2.45) is 5.92 Å². The van der Waals surface area contributed by atoms with Gasteiger partial charge in [-0.25, -0.2) is 0 Å². The van der Waals surface area contributed by atoms with E-state index in [1.807, 2.05) is 0 Å². The van der Waals surface area contributed by atoms with Crippen LogP contribution >= 0.6 is 0 Å². The summed E-state index contributed by atoms with van der Waals surface area (Å²) in [5, 5.41) is 0. The minimum absolute atomic E-state index is 0.141. The van der Waals surface area contributed by atoms with E-state index >= 15 is 0 Å². The fourth-order valence-electron chi connectivity index (χ4n) is 3.42. The van der Waals surface area contributed by atoms with Crippen LogP contribution in [0.25, 0.3) is 0 Å². The molecule has 0 aromatic heterocycles. The second-order valence-corrected chi connectivity index (χ2v) is 10.4. The predicted octanol–water partition coefficient (Wildman–Crippen LogP) is 3.99. The van der Waals surface area contributed by atoms with Crippen molar-refractivity contribution in [3.8, 4) is 0 Å². The highest BCUT2D eigenvalue weighted by molar-refractivity contribution is 4.83. The Bertz CT molecular complexity index is 451. The van der Waals surface area contributed by atoms with Crippen LogP contribution in [-0.4, -0.2) is 75.8 Å². The average Bonchev–Trinajstić information content (AvgIpc) is 2.58. The molecule has 1 atom stereocenters. The molecule has 0 amide bonds. The van der Waals surface area contributed by atoms with E-state index in [0.29, 0.717) is 25.7 Å². The standard InChI is InChI=1S/C23H44O6/c1-21(2,3)27-14-13-25-18-23(6,29-20-7-11-24-12-8-20)10-9-22(4,5)28-17-19-15-26-16-19/h19-20H,7-18H2,1-6H3. The Kier molecular flexibility index (Phi) is 9.84. The molecular formula is C23H44O6. The maximum absolute atomic E-state index is 6.56. The molecule has 0 aliphatic carbocycles. The summed E-state index contributed by atoms with van der Waals surface area (Å²) in [5.74, 6) is 0.547. The lowest BCUT2D eigenvalue weighted by atomic mass is 9.92. The van der Waals surface area contributed by atoms with E-state index in [4.69, 9.17) is 28.4 Å². The maximum Gasteiger partial charge on any atom is 0.0891 e. The fraction of sp³-hybridized carbons (Fsp3) is 1.00. The number of rotatable bonds is 13. The molecule has 6 heteroatoms. The molecule has 0 saturated carbocycles. The molecule has 6 nitrogen and oxygen atoms in total. The lowest BCUT2D eigenvalue weighted by Gasteiger charge is -2.38. The number of hydrogen-bond donors (Lipinski definition) is 0. The van der Waals surface area contributed by atoms with Gasteiger partial charge in [-0.15, -0.1) is 0 Å². The summed E-state index contributed by atoms with van der Waals surface area (Å²) in [6.07, 6.45) is 3.94. The molecule has 2 rings (SSSR count). The lowest BCUT2D eigenvalue weighted by Crippen LogP contribution is -2.43. The van der Waals surface area contributed by atoms with Gasteiger partial charge in [0, 0.05) is 19.1 Å². The van der Waals surface area contributed by atoms with E-state index in [2.05, 4.69) is 41.5 Å². The third kappa shape index (κ3) is 10.6. The highest BCUT2D eigenvalue weighted by atomic mass is 16.6. The van der Waals surface area contributed by atoms with E-state index in [1.165, 1.54) is 0 Å². The van der Waals surface area contributed by atoms with Gasteiger partial charge in [-0.05, 0) is 67.2 Å². The summed E-state index contributed by atoms with van der Waals surface area (Å²) in [4.78, 5) is 0. The number of ether oxygens (including phenoxy) is 6. The second kappa shape index (κ2) is 11.4. The molecule has 29 heavy (non-hydrogen) atoms. The first-order valence-corrected chi connectivity index (χ1v) is 11.3. The topological polar surface area (TPSA) is 55.4 Å². The van der Waals surface area contributed by atoms with E-state index in [-0.39, 0.29) is 22.9 Å². The molecule has 1 unspecified atom stereocenters. The fourth-order valence-corrected chi connectivity index (χ4v) is 3.42. The smallest absolute Gasteiger partial charge is 0.0891 e. The summed E-state index contributed by atoms with van der Waals surface area (Å²) in [5.41, 5.74) is -0.673. The van der Waals surface area contributed by atoms with Gasteiger partial charge in [0.1, 0.15) is 0 Å². The summed E-state index contributed by atoms with van der Waals surface area (Å²) < 4.78 is 35.2. The minimum Gasteiger partial charge on any atom is -0.381 e. The van der Waals surface area contributed by atoms with Gasteiger partial charge in [-0.2, -0.15) is 0 Å². The van der Waals surface area contributed by atoms with Gasteiger partial charge in [-0.1, -0.05) is 0 Å². The minimum atomic E-state index is -0.343. The van der Waals surface area contributed by atoms with E-state index in [9.17, 15) is 0 Å². The molecule has 2 aliphatic heterocycles. The second-order valence-electron chi connectivity index (χ2n) is 10.4. The Morgan fingerprint density at radius 2 is 1.52 bits per heavy atom. The molecule has 0 aromatic rings. The molecule has 2 fully saturated rings. The molecular weight excluding hydrogens is 372 g/mol. The van der Waals surface area contributed by atoms with Crippen LogP contribution < -0.4 is 0 Å². The molecule has 2 heterocycles. The molecule has 2 aliphatic rings. The van der Waals surface area contributed by atoms with Crippen LogP contribution in [0.15, 0.2) is 0 Å². The van der Waals surface area contributed by atoms with Crippen molar-refractivity contribution in [3.05, 3.63) is 0 Å². The first-order chi connectivity index (χ1) is 13.6. The van der Waals surface area contributed by atoms with E-state index < -0.39 is 0 Å². The van der Waals surface area contributed by atoms with Crippen LogP contribution in [0.3, 0.4) is 0 Å². The van der Waals surface area contributed by atoms with Gasteiger partial charge in [-0.3, -0.25) is 0 Å². The maximum atomic E-state index is 6.56. The van der Waals surface area contributed by atoms with Gasteiger partial charge in [0.05, 0.1) is 62.5 Å². The first-order valence-electron chi connectivity index (χ1n) is 11.3. The monoisotopic (exact) mass is 416 g/mol. The average molecular weight is 417 g/mol. The Morgan fingerprint density at radius 3 is 2.10 bits per heavy atom. The van der Waals surface area contributed by atoms with E-state index in [0.717, 1.165) is 58.7 Å².